The molecule has 42 heavy (non-hydrogen) atoms. The molecule has 8 nitrogen and oxygen atoms in total. The molecule has 0 radical (unpaired) electrons. The molecule has 4 rings (SSSR count). The van der Waals surface area contributed by atoms with Crippen molar-refractivity contribution in [2.75, 3.05) is 24.2 Å². The average molecular weight is 618 g/mol. The number of carbonyl (C=O) groups is 1. The van der Waals surface area contributed by atoms with Gasteiger partial charge in [-0.1, -0.05) is 68.1 Å². The lowest BCUT2D eigenvalue weighted by Crippen LogP contribution is -2.30. The number of alkyl halides is 3. The fraction of sp³-hybridized carbons (Fsp3) is 0.276. The van der Waals surface area contributed by atoms with Crippen molar-refractivity contribution in [3.63, 3.8) is 0 Å². The second-order valence-corrected chi connectivity index (χ2v) is 12.1. The number of nitrogens with zero attached hydrogens (tertiary/aromatic N) is 4. The SMILES string of the molecule is CCN(CC)S(=O)(=O)c1cccc(-c2nnc(SCC(=O)Nc3ccc(C(F)(F)F)cc3)n2CCc2ccccc2)c1. The third-order valence-corrected chi connectivity index (χ3v) is 9.46. The lowest BCUT2D eigenvalue weighted by Gasteiger charge is -2.19. The van der Waals surface area contributed by atoms with Crippen molar-refractivity contribution in [3.8, 4) is 11.4 Å². The van der Waals surface area contributed by atoms with Crippen molar-refractivity contribution in [3.05, 3.63) is 90.0 Å². The molecular weight excluding hydrogens is 587 g/mol. The fourth-order valence-corrected chi connectivity index (χ4v) is 6.54. The summed E-state index contributed by atoms with van der Waals surface area (Å²) in [5.41, 5.74) is 1.07. The van der Waals surface area contributed by atoms with Crippen LogP contribution < -0.4 is 5.32 Å². The number of hydrogen-bond acceptors (Lipinski definition) is 6. The molecule has 4 aromatic rings. The van der Waals surface area contributed by atoms with Gasteiger partial charge in [-0.2, -0.15) is 17.5 Å². The first-order chi connectivity index (χ1) is 20.0. The van der Waals surface area contributed by atoms with Gasteiger partial charge < -0.3 is 9.88 Å². The van der Waals surface area contributed by atoms with E-state index in [0.717, 1.165) is 29.5 Å². The van der Waals surface area contributed by atoms with Gasteiger partial charge in [0.05, 0.1) is 16.2 Å². The van der Waals surface area contributed by atoms with E-state index in [9.17, 15) is 26.4 Å². The number of thioether (sulfide) groups is 1. The number of aromatic nitrogens is 3. The number of amides is 1. The van der Waals surface area contributed by atoms with E-state index in [2.05, 4.69) is 15.5 Å². The Morgan fingerprint density at radius 1 is 0.952 bits per heavy atom. The van der Waals surface area contributed by atoms with Gasteiger partial charge in [0.25, 0.3) is 0 Å². The predicted molar refractivity (Wildman–Crippen MR) is 157 cm³/mol. The highest BCUT2D eigenvalue weighted by Crippen LogP contribution is 2.30. The zero-order valence-corrected chi connectivity index (χ0v) is 24.6. The highest BCUT2D eigenvalue weighted by atomic mass is 32.2. The zero-order chi connectivity index (χ0) is 30.3. The Kier molecular flexibility index (Phi) is 10.1. The molecule has 0 unspecified atom stereocenters. The van der Waals surface area contributed by atoms with E-state index in [4.69, 9.17) is 0 Å². The van der Waals surface area contributed by atoms with Gasteiger partial charge in [-0.25, -0.2) is 8.42 Å². The quantitative estimate of drug-likeness (QED) is 0.197. The van der Waals surface area contributed by atoms with Crippen LogP contribution in [0.25, 0.3) is 11.4 Å². The second-order valence-electron chi connectivity index (χ2n) is 9.22. The summed E-state index contributed by atoms with van der Waals surface area (Å²) in [6, 6.07) is 20.5. The molecule has 0 bridgehead atoms. The molecule has 0 spiro atoms. The molecule has 13 heteroatoms. The van der Waals surface area contributed by atoms with Crippen LogP contribution in [0.5, 0.6) is 0 Å². The summed E-state index contributed by atoms with van der Waals surface area (Å²) >= 11 is 1.13. The molecule has 0 saturated heterocycles. The summed E-state index contributed by atoms with van der Waals surface area (Å²) in [6.45, 7) is 4.70. The van der Waals surface area contributed by atoms with Crippen LogP contribution in [0.4, 0.5) is 18.9 Å². The van der Waals surface area contributed by atoms with E-state index in [0.29, 0.717) is 42.6 Å². The molecule has 1 N–H and O–H groups in total. The minimum Gasteiger partial charge on any atom is -0.325 e. The van der Waals surface area contributed by atoms with Crippen molar-refractivity contribution in [1.82, 2.24) is 19.1 Å². The first kappa shape index (κ1) is 31.3. The number of carbonyl (C=O) groups excluding carboxylic acids is 1. The lowest BCUT2D eigenvalue weighted by atomic mass is 10.1. The van der Waals surface area contributed by atoms with Crippen LogP contribution in [-0.2, 0) is 34.0 Å². The number of nitrogens with one attached hydrogen (secondary N) is 1. The highest BCUT2D eigenvalue weighted by Gasteiger charge is 2.30. The third kappa shape index (κ3) is 7.58. The molecule has 222 valence electrons. The maximum absolute atomic E-state index is 13.2. The molecule has 0 saturated carbocycles. The number of hydrogen-bond donors (Lipinski definition) is 1. The summed E-state index contributed by atoms with van der Waals surface area (Å²) in [5.74, 6) is -0.0414. The van der Waals surface area contributed by atoms with Crippen molar-refractivity contribution in [2.45, 2.75) is 43.0 Å². The third-order valence-electron chi connectivity index (χ3n) is 6.45. The van der Waals surface area contributed by atoms with E-state index in [1.54, 1.807) is 38.1 Å². The number of benzene rings is 3. The van der Waals surface area contributed by atoms with Crippen molar-refractivity contribution in [2.24, 2.45) is 0 Å². The summed E-state index contributed by atoms with van der Waals surface area (Å²) in [5, 5.41) is 11.7. The molecule has 3 aromatic carbocycles. The predicted octanol–water partition coefficient (Wildman–Crippen LogP) is 5.97. The minimum atomic E-state index is -4.46. The lowest BCUT2D eigenvalue weighted by molar-refractivity contribution is -0.137. The molecule has 1 amide bonds. The van der Waals surface area contributed by atoms with Crippen LogP contribution in [-0.4, -0.2) is 52.2 Å². The Bertz CT molecular complexity index is 1610. The van der Waals surface area contributed by atoms with Crippen molar-refractivity contribution < 1.29 is 26.4 Å². The Morgan fingerprint density at radius 3 is 2.29 bits per heavy atom. The molecule has 1 aromatic heterocycles. The van der Waals surface area contributed by atoms with Gasteiger partial charge >= 0.3 is 6.18 Å². The number of rotatable bonds is 12. The number of halogens is 3. The summed E-state index contributed by atoms with van der Waals surface area (Å²) in [4.78, 5) is 12.8. The zero-order valence-electron chi connectivity index (χ0n) is 23.0. The minimum absolute atomic E-state index is 0.0686. The van der Waals surface area contributed by atoms with Gasteiger partial charge in [0.15, 0.2) is 11.0 Å². The standard InChI is InChI=1S/C29H30F3N5O3S2/c1-3-36(4-2)42(39,40)25-12-8-11-22(19-25)27-34-35-28(37(27)18-17-21-9-6-5-7-10-21)41-20-26(38)33-24-15-13-23(14-16-24)29(30,31)32/h5-16,19H,3-4,17-18,20H2,1-2H3,(H,33,38). The first-order valence-electron chi connectivity index (χ1n) is 13.2. The Morgan fingerprint density at radius 2 is 1.64 bits per heavy atom. The fourth-order valence-electron chi connectivity index (χ4n) is 4.27. The van der Waals surface area contributed by atoms with Crippen LogP contribution in [0.1, 0.15) is 25.0 Å². The van der Waals surface area contributed by atoms with Crippen LogP contribution in [0.2, 0.25) is 0 Å². The van der Waals surface area contributed by atoms with Gasteiger partial charge in [-0.15, -0.1) is 10.2 Å². The van der Waals surface area contributed by atoms with Crippen molar-refractivity contribution in [1.29, 1.82) is 0 Å². The van der Waals surface area contributed by atoms with Crippen LogP contribution >= 0.6 is 11.8 Å². The monoisotopic (exact) mass is 617 g/mol. The summed E-state index contributed by atoms with van der Waals surface area (Å²) in [6.07, 6.45) is -3.83. The second kappa shape index (κ2) is 13.5. The van der Waals surface area contributed by atoms with Gasteiger partial charge in [-0.05, 0) is 48.4 Å². The van der Waals surface area contributed by atoms with Gasteiger partial charge in [-0.3, -0.25) is 4.79 Å². The number of aryl methyl sites for hydroxylation is 1. The van der Waals surface area contributed by atoms with E-state index in [-0.39, 0.29) is 16.3 Å². The smallest absolute Gasteiger partial charge is 0.325 e. The van der Waals surface area contributed by atoms with E-state index in [1.165, 1.54) is 16.4 Å². The molecule has 0 aliphatic rings. The average Bonchev–Trinajstić information content (AvgIpc) is 3.38. The van der Waals surface area contributed by atoms with Gasteiger partial charge in [0, 0.05) is 30.9 Å². The molecule has 0 aliphatic carbocycles. The van der Waals surface area contributed by atoms with Crippen LogP contribution in [0.15, 0.2) is 88.9 Å². The number of sulfonamides is 1. The van der Waals surface area contributed by atoms with Crippen LogP contribution in [0, 0.1) is 0 Å². The Hall–Kier alpha value is -3.68. The number of anilines is 1. The summed E-state index contributed by atoms with van der Waals surface area (Å²) < 4.78 is 68.0. The summed E-state index contributed by atoms with van der Waals surface area (Å²) in [7, 11) is -3.70. The first-order valence-corrected chi connectivity index (χ1v) is 15.6. The van der Waals surface area contributed by atoms with E-state index >= 15 is 0 Å². The molecule has 0 atom stereocenters. The van der Waals surface area contributed by atoms with E-state index < -0.39 is 27.7 Å². The van der Waals surface area contributed by atoms with Gasteiger partial charge in [0.1, 0.15) is 0 Å². The normalized spacial score (nSPS) is 12.0. The largest absolute Gasteiger partial charge is 0.416 e. The highest BCUT2D eigenvalue weighted by molar-refractivity contribution is 7.99. The van der Waals surface area contributed by atoms with E-state index in [1.807, 2.05) is 34.9 Å². The Labute approximate surface area is 247 Å². The van der Waals surface area contributed by atoms with Gasteiger partial charge in [0.2, 0.25) is 15.9 Å². The maximum Gasteiger partial charge on any atom is 0.416 e. The topological polar surface area (TPSA) is 97.2 Å². The molecule has 1 heterocycles. The molecule has 0 aliphatic heterocycles. The van der Waals surface area contributed by atoms with Crippen LogP contribution in [0.3, 0.4) is 0 Å². The molecule has 0 fully saturated rings. The molecular formula is C29H30F3N5O3S2. The maximum atomic E-state index is 13.2. The Balaban J connectivity index is 1.57. The van der Waals surface area contributed by atoms with Crippen molar-refractivity contribution >= 4 is 33.4 Å².